The molecule has 1 aromatic carbocycles. The Hall–Kier alpha value is -2.60. The van der Waals surface area contributed by atoms with E-state index in [1.165, 1.54) is 6.20 Å². The normalized spacial score (nSPS) is 16.9. The summed E-state index contributed by atoms with van der Waals surface area (Å²) in [6.45, 7) is 0.542. The molecule has 1 fully saturated rings. The third kappa shape index (κ3) is 4.28. The summed E-state index contributed by atoms with van der Waals surface area (Å²) in [5.74, 6) is -0.259. The maximum Gasteiger partial charge on any atom is 0.249 e. The van der Waals surface area contributed by atoms with Gasteiger partial charge in [0.05, 0.1) is 6.20 Å². The van der Waals surface area contributed by atoms with E-state index in [0.717, 1.165) is 11.3 Å². The number of aryl methyl sites for hydroxylation is 1. The number of carbonyl (C=O) groups excluding carboxylic acids is 2. The maximum atomic E-state index is 12.5. The number of amides is 2. The molecule has 1 aromatic heterocycles. The van der Waals surface area contributed by atoms with Gasteiger partial charge in [0.15, 0.2) is 0 Å². The summed E-state index contributed by atoms with van der Waals surface area (Å²) in [7, 11) is 0. The van der Waals surface area contributed by atoms with Crippen LogP contribution in [0, 0.1) is 0 Å². The second-order valence-electron chi connectivity index (χ2n) is 5.93. The van der Waals surface area contributed by atoms with Gasteiger partial charge in [-0.2, -0.15) is 0 Å². The average Bonchev–Trinajstić information content (AvgIpc) is 2.94. The Morgan fingerprint density at radius 1 is 1.36 bits per heavy atom. The molecule has 1 aliphatic heterocycles. The van der Waals surface area contributed by atoms with Crippen LogP contribution in [0.25, 0.3) is 0 Å². The molecule has 3 rings (SSSR count). The second-order valence-corrected chi connectivity index (χ2v) is 6.37. The van der Waals surface area contributed by atoms with E-state index in [2.05, 4.69) is 10.3 Å². The van der Waals surface area contributed by atoms with Gasteiger partial charge in [-0.15, -0.1) is 0 Å². The highest BCUT2D eigenvalue weighted by atomic mass is 35.5. The van der Waals surface area contributed by atoms with Crippen molar-refractivity contribution in [1.29, 1.82) is 0 Å². The predicted molar refractivity (Wildman–Crippen MR) is 94.6 cm³/mol. The SMILES string of the molecule is O=C(CCc1cncc(O)c1)NC1CCN(c2cccc(Cl)c2)C1=O. The van der Waals surface area contributed by atoms with Crippen LogP contribution in [0.4, 0.5) is 5.69 Å². The van der Waals surface area contributed by atoms with E-state index in [1.807, 2.05) is 6.07 Å². The van der Waals surface area contributed by atoms with E-state index in [4.69, 9.17) is 11.6 Å². The quantitative estimate of drug-likeness (QED) is 0.858. The molecule has 2 amide bonds. The van der Waals surface area contributed by atoms with Crippen LogP contribution in [-0.2, 0) is 16.0 Å². The van der Waals surface area contributed by atoms with Crippen molar-refractivity contribution in [3.63, 3.8) is 0 Å². The number of anilines is 1. The molecule has 1 aliphatic rings. The molecule has 0 spiro atoms. The van der Waals surface area contributed by atoms with E-state index in [1.54, 1.807) is 35.4 Å². The summed E-state index contributed by atoms with van der Waals surface area (Å²) >= 11 is 5.97. The van der Waals surface area contributed by atoms with Crippen molar-refractivity contribution in [2.45, 2.75) is 25.3 Å². The second kappa shape index (κ2) is 7.53. The molecule has 0 saturated carbocycles. The fourth-order valence-corrected chi connectivity index (χ4v) is 3.03. The summed E-state index contributed by atoms with van der Waals surface area (Å²) in [6.07, 6.45) is 4.18. The summed E-state index contributed by atoms with van der Waals surface area (Å²) in [6, 6.07) is 8.15. The van der Waals surface area contributed by atoms with Crippen LogP contribution in [0.5, 0.6) is 5.75 Å². The molecular weight excluding hydrogens is 342 g/mol. The molecule has 2 heterocycles. The standard InChI is InChI=1S/C18H18ClN3O3/c19-13-2-1-3-14(9-13)22-7-6-16(18(22)25)21-17(24)5-4-12-8-15(23)11-20-10-12/h1-3,8-11,16,23H,4-7H2,(H,21,24). The number of halogens is 1. The molecule has 130 valence electrons. The van der Waals surface area contributed by atoms with E-state index in [0.29, 0.717) is 24.4 Å². The van der Waals surface area contributed by atoms with Crippen LogP contribution in [0.3, 0.4) is 0 Å². The highest BCUT2D eigenvalue weighted by molar-refractivity contribution is 6.31. The van der Waals surface area contributed by atoms with Crippen molar-refractivity contribution in [1.82, 2.24) is 10.3 Å². The van der Waals surface area contributed by atoms with E-state index >= 15 is 0 Å². The first-order chi connectivity index (χ1) is 12.0. The predicted octanol–water partition coefficient (Wildman–Crippen LogP) is 2.29. The summed E-state index contributed by atoms with van der Waals surface area (Å²) < 4.78 is 0. The molecule has 25 heavy (non-hydrogen) atoms. The van der Waals surface area contributed by atoms with Crippen LogP contribution in [0.15, 0.2) is 42.7 Å². The van der Waals surface area contributed by atoms with Crippen LogP contribution >= 0.6 is 11.6 Å². The number of hydrogen-bond donors (Lipinski definition) is 2. The molecule has 1 atom stereocenters. The zero-order chi connectivity index (χ0) is 17.8. The average molecular weight is 360 g/mol. The number of pyridine rings is 1. The molecule has 1 saturated heterocycles. The Balaban J connectivity index is 1.55. The number of benzene rings is 1. The lowest BCUT2D eigenvalue weighted by molar-refractivity contribution is -0.126. The molecule has 7 heteroatoms. The minimum absolute atomic E-state index is 0.0704. The number of nitrogens with zero attached hydrogens (tertiary/aromatic N) is 2. The van der Waals surface area contributed by atoms with Gasteiger partial charge >= 0.3 is 0 Å². The van der Waals surface area contributed by atoms with E-state index in [9.17, 15) is 14.7 Å². The number of aromatic hydroxyl groups is 1. The first kappa shape index (κ1) is 17.2. The zero-order valence-electron chi connectivity index (χ0n) is 13.5. The third-order valence-electron chi connectivity index (χ3n) is 4.08. The molecule has 1 unspecified atom stereocenters. The van der Waals surface area contributed by atoms with Gasteiger partial charge in [0.2, 0.25) is 11.8 Å². The zero-order valence-corrected chi connectivity index (χ0v) is 14.2. The van der Waals surface area contributed by atoms with Crippen molar-refractivity contribution in [3.05, 3.63) is 53.3 Å². The fraction of sp³-hybridized carbons (Fsp3) is 0.278. The highest BCUT2D eigenvalue weighted by Gasteiger charge is 2.33. The van der Waals surface area contributed by atoms with Crippen LogP contribution < -0.4 is 10.2 Å². The number of carbonyl (C=O) groups is 2. The van der Waals surface area contributed by atoms with Gasteiger partial charge < -0.3 is 15.3 Å². The van der Waals surface area contributed by atoms with Gasteiger partial charge in [0.1, 0.15) is 11.8 Å². The van der Waals surface area contributed by atoms with Crippen LogP contribution in [-0.4, -0.2) is 34.5 Å². The number of nitrogens with one attached hydrogen (secondary N) is 1. The van der Waals surface area contributed by atoms with Crippen LogP contribution in [0.1, 0.15) is 18.4 Å². The first-order valence-electron chi connectivity index (χ1n) is 8.02. The first-order valence-corrected chi connectivity index (χ1v) is 8.40. The van der Waals surface area contributed by atoms with Crippen molar-refractivity contribution in [2.75, 3.05) is 11.4 Å². The Kier molecular flexibility index (Phi) is 5.19. The molecule has 2 aromatic rings. The molecular formula is C18H18ClN3O3. The third-order valence-corrected chi connectivity index (χ3v) is 4.32. The lowest BCUT2D eigenvalue weighted by atomic mass is 10.1. The van der Waals surface area contributed by atoms with E-state index in [-0.39, 0.29) is 24.0 Å². The highest BCUT2D eigenvalue weighted by Crippen LogP contribution is 2.24. The minimum Gasteiger partial charge on any atom is -0.506 e. The lowest BCUT2D eigenvalue weighted by Crippen LogP contribution is -2.41. The Morgan fingerprint density at radius 2 is 2.20 bits per heavy atom. The molecule has 6 nitrogen and oxygen atoms in total. The number of aromatic nitrogens is 1. The number of hydrogen-bond acceptors (Lipinski definition) is 4. The largest absolute Gasteiger partial charge is 0.506 e. The lowest BCUT2D eigenvalue weighted by Gasteiger charge is -2.17. The Morgan fingerprint density at radius 3 is 2.96 bits per heavy atom. The van der Waals surface area contributed by atoms with Crippen molar-refractivity contribution < 1.29 is 14.7 Å². The Labute approximate surface area is 150 Å². The molecule has 0 aliphatic carbocycles. The van der Waals surface area contributed by atoms with Crippen LogP contribution in [0.2, 0.25) is 5.02 Å². The summed E-state index contributed by atoms with van der Waals surface area (Å²) in [5.41, 5.74) is 1.51. The van der Waals surface area contributed by atoms with Crippen molar-refractivity contribution in [2.24, 2.45) is 0 Å². The summed E-state index contributed by atoms with van der Waals surface area (Å²) in [5, 5.41) is 12.7. The van der Waals surface area contributed by atoms with Gasteiger partial charge in [0.25, 0.3) is 0 Å². The fourth-order valence-electron chi connectivity index (χ4n) is 2.85. The van der Waals surface area contributed by atoms with E-state index < -0.39 is 6.04 Å². The topological polar surface area (TPSA) is 82.5 Å². The van der Waals surface area contributed by atoms with Crippen molar-refractivity contribution >= 4 is 29.1 Å². The number of rotatable bonds is 5. The van der Waals surface area contributed by atoms with Gasteiger partial charge in [0, 0.05) is 29.9 Å². The molecule has 2 N–H and O–H groups in total. The van der Waals surface area contributed by atoms with Gasteiger partial charge in [-0.1, -0.05) is 17.7 Å². The van der Waals surface area contributed by atoms with Crippen molar-refractivity contribution in [3.8, 4) is 5.75 Å². The van der Waals surface area contributed by atoms with Gasteiger partial charge in [-0.25, -0.2) is 0 Å². The van der Waals surface area contributed by atoms with Gasteiger partial charge in [-0.05, 0) is 42.7 Å². The maximum absolute atomic E-state index is 12.5. The summed E-state index contributed by atoms with van der Waals surface area (Å²) in [4.78, 5) is 30.1. The molecule has 0 bridgehead atoms. The minimum atomic E-state index is -0.520. The Bertz CT molecular complexity index is 797. The molecule has 0 radical (unpaired) electrons. The monoisotopic (exact) mass is 359 g/mol. The van der Waals surface area contributed by atoms with Gasteiger partial charge in [-0.3, -0.25) is 14.6 Å². The smallest absolute Gasteiger partial charge is 0.249 e.